The van der Waals surface area contributed by atoms with Gasteiger partial charge in [0.05, 0.1) is 11.6 Å². The molecule has 0 fully saturated rings. The smallest absolute Gasteiger partial charge is 0.269 e. The lowest BCUT2D eigenvalue weighted by Gasteiger charge is -2.05. The van der Waals surface area contributed by atoms with Crippen LogP contribution < -0.4 is 4.74 Å². The van der Waals surface area contributed by atoms with Gasteiger partial charge in [-0.2, -0.15) is 5.26 Å². The van der Waals surface area contributed by atoms with E-state index in [0.29, 0.717) is 11.3 Å². The molecule has 0 amide bonds. The van der Waals surface area contributed by atoms with Crippen molar-refractivity contribution >= 4 is 5.78 Å². The molecule has 1 heterocycles. The predicted molar refractivity (Wildman–Crippen MR) is 83.1 cm³/mol. The highest BCUT2D eigenvalue weighted by Gasteiger charge is 2.13. The zero-order valence-corrected chi connectivity index (χ0v) is 12.3. The number of Topliss-reactive ketones (excluding diaryl/α,β-unsaturated/α-hetero) is 1. The molecule has 6 heteroatoms. The largest absolute Gasteiger partial charge is 0.436 e. The van der Waals surface area contributed by atoms with E-state index in [4.69, 9.17) is 10.00 Å². The molecule has 1 N–H and O–H groups in total. The van der Waals surface area contributed by atoms with Crippen LogP contribution in [0, 0.1) is 11.3 Å². The summed E-state index contributed by atoms with van der Waals surface area (Å²) in [5.74, 6) is 0.494. The quantitative estimate of drug-likeness (QED) is 0.746. The Hall–Kier alpha value is -3.46. The van der Waals surface area contributed by atoms with Gasteiger partial charge in [-0.3, -0.25) is 9.89 Å². The van der Waals surface area contributed by atoms with E-state index in [0.717, 1.165) is 11.1 Å². The molecule has 0 unspecified atom stereocenters. The first kappa shape index (κ1) is 14.5. The van der Waals surface area contributed by atoms with E-state index < -0.39 is 0 Å². The maximum absolute atomic E-state index is 11.4. The van der Waals surface area contributed by atoms with Crippen molar-refractivity contribution in [2.24, 2.45) is 0 Å². The van der Waals surface area contributed by atoms with Gasteiger partial charge in [0.25, 0.3) is 5.88 Å². The van der Waals surface area contributed by atoms with Crippen molar-refractivity contribution in [3.05, 3.63) is 59.8 Å². The molecule has 6 nitrogen and oxygen atoms in total. The van der Waals surface area contributed by atoms with Crippen LogP contribution in [0.15, 0.2) is 48.5 Å². The maximum atomic E-state index is 11.4. The van der Waals surface area contributed by atoms with Crippen LogP contribution in [0.3, 0.4) is 0 Å². The van der Waals surface area contributed by atoms with Gasteiger partial charge in [0.1, 0.15) is 5.75 Å². The third kappa shape index (κ3) is 3.09. The molecule has 0 atom stereocenters. The second-order valence-corrected chi connectivity index (χ2v) is 4.87. The zero-order valence-electron chi connectivity index (χ0n) is 12.3. The van der Waals surface area contributed by atoms with E-state index in [2.05, 4.69) is 21.5 Å². The first-order valence-corrected chi connectivity index (χ1v) is 6.88. The second-order valence-electron chi connectivity index (χ2n) is 4.87. The Bertz CT molecular complexity index is 891. The number of H-pyrrole nitrogens is 1. The number of hydrogen-bond donors (Lipinski definition) is 1. The molecule has 0 aliphatic carbocycles. The number of aromatic amines is 1. The maximum Gasteiger partial charge on any atom is 0.269 e. The highest BCUT2D eigenvalue weighted by atomic mass is 16.5. The minimum absolute atomic E-state index is 0.150. The van der Waals surface area contributed by atoms with Crippen LogP contribution in [0.4, 0.5) is 0 Å². The fourth-order valence-electron chi connectivity index (χ4n) is 2.11. The normalized spacial score (nSPS) is 10.1. The van der Waals surface area contributed by atoms with Crippen molar-refractivity contribution in [2.45, 2.75) is 6.92 Å². The SMILES string of the molecule is CC(=O)c1[nH]nnc1Oc1ccc(-c2cccc(C#N)c2)cc1. The number of rotatable bonds is 4. The van der Waals surface area contributed by atoms with Crippen molar-refractivity contribution in [1.29, 1.82) is 5.26 Å². The molecular formula is C17H12N4O2. The lowest BCUT2D eigenvalue weighted by Crippen LogP contribution is -1.96. The van der Waals surface area contributed by atoms with Crippen LogP contribution in [0.2, 0.25) is 0 Å². The summed E-state index contributed by atoms with van der Waals surface area (Å²) in [5.41, 5.74) is 2.75. The molecule has 23 heavy (non-hydrogen) atoms. The number of hydrogen-bond acceptors (Lipinski definition) is 5. The van der Waals surface area contributed by atoms with E-state index >= 15 is 0 Å². The molecule has 0 radical (unpaired) electrons. The number of carbonyl (C=O) groups is 1. The number of ether oxygens (including phenoxy) is 1. The summed E-state index contributed by atoms with van der Waals surface area (Å²) in [6, 6.07) is 16.8. The van der Waals surface area contributed by atoms with E-state index in [1.165, 1.54) is 6.92 Å². The highest BCUT2D eigenvalue weighted by molar-refractivity contribution is 5.94. The van der Waals surface area contributed by atoms with Crippen LogP contribution in [-0.2, 0) is 0 Å². The van der Waals surface area contributed by atoms with Gasteiger partial charge in [-0.1, -0.05) is 34.6 Å². The van der Waals surface area contributed by atoms with Crippen LogP contribution >= 0.6 is 0 Å². The molecular weight excluding hydrogens is 292 g/mol. The number of nitrogens with zero attached hydrogens (tertiary/aromatic N) is 3. The van der Waals surface area contributed by atoms with E-state index in [1.54, 1.807) is 18.2 Å². The Morgan fingerprint density at radius 1 is 1.17 bits per heavy atom. The summed E-state index contributed by atoms with van der Waals surface area (Å²) in [5, 5.41) is 18.8. The summed E-state index contributed by atoms with van der Waals surface area (Å²) in [6.07, 6.45) is 0. The minimum atomic E-state index is -0.199. The standard InChI is InChI=1S/C17H12N4O2/c1-11(22)16-17(20-21-19-16)23-15-7-5-13(6-8-15)14-4-2-3-12(9-14)10-18/h2-9H,1H3,(H,19,20,21). The molecule has 3 aromatic rings. The minimum Gasteiger partial charge on any atom is -0.436 e. The molecule has 3 rings (SSSR count). The van der Waals surface area contributed by atoms with Crippen LogP contribution in [0.1, 0.15) is 23.0 Å². The predicted octanol–water partition coefficient (Wildman–Crippen LogP) is 3.34. The van der Waals surface area contributed by atoms with Crippen molar-refractivity contribution < 1.29 is 9.53 Å². The summed E-state index contributed by atoms with van der Waals surface area (Å²) in [6.45, 7) is 1.41. The Labute approximate surface area is 132 Å². The van der Waals surface area contributed by atoms with E-state index in [1.807, 2.05) is 30.3 Å². The van der Waals surface area contributed by atoms with Gasteiger partial charge in [-0.25, -0.2) is 0 Å². The van der Waals surface area contributed by atoms with Crippen LogP contribution in [0.25, 0.3) is 11.1 Å². The number of nitrogens with one attached hydrogen (secondary N) is 1. The Morgan fingerprint density at radius 3 is 2.65 bits per heavy atom. The average molecular weight is 304 g/mol. The Balaban J connectivity index is 1.83. The monoisotopic (exact) mass is 304 g/mol. The van der Waals surface area contributed by atoms with Gasteiger partial charge in [0.2, 0.25) is 0 Å². The lowest BCUT2D eigenvalue weighted by atomic mass is 10.0. The van der Waals surface area contributed by atoms with Crippen molar-refractivity contribution in [2.75, 3.05) is 0 Å². The zero-order chi connectivity index (χ0) is 16.2. The molecule has 2 aromatic carbocycles. The molecule has 0 saturated heterocycles. The first-order valence-electron chi connectivity index (χ1n) is 6.88. The second kappa shape index (κ2) is 6.12. The average Bonchev–Trinajstić information content (AvgIpc) is 3.04. The van der Waals surface area contributed by atoms with Crippen LogP contribution in [-0.4, -0.2) is 21.2 Å². The van der Waals surface area contributed by atoms with Gasteiger partial charge in [0, 0.05) is 6.92 Å². The fourth-order valence-corrected chi connectivity index (χ4v) is 2.11. The molecule has 0 spiro atoms. The van der Waals surface area contributed by atoms with Crippen molar-refractivity contribution in [3.63, 3.8) is 0 Å². The number of carbonyl (C=O) groups excluding carboxylic acids is 1. The number of aromatic nitrogens is 3. The van der Waals surface area contributed by atoms with Gasteiger partial charge in [-0.05, 0) is 35.4 Å². The third-order valence-corrected chi connectivity index (χ3v) is 3.26. The lowest BCUT2D eigenvalue weighted by molar-refractivity contribution is 0.101. The topological polar surface area (TPSA) is 91.7 Å². The molecule has 0 aliphatic heterocycles. The van der Waals surface area contributed by atoms with Crippen LogP contribution in [0.5, 0.6) is 11.6 Å². The first-order chi connectivity index (χ1) is 11.2. The molecule has 0 aliphatic rings. The molecule has 112 valence electrons. The highest BCUT2D eigenvalue weighted by Crippen LogP contribution is 2.26. The Morgan fingerprint density at radius 2 is 1.96 bits per heavy atom. The molecule has 0 saturated carbocycles. The molecule has 1 aromatic heterocycles. The summed E-state index contributed by atoms with van der Waals surface area (Å²) in [7, 11) is 0. The van der Waals surface area contributed by atoms with Crippen molar-refractivity contribution in [3.8, 4) is 28.8 Å². The van der Waals surface area contributed by atoms with Crippen molar-refractivity contribution in [1.82, 2.24) is 15.4 Å². The van der Waals surface area contributed by atoms with Gasteiger partial charge in [0.15, 0.2) is 11.5 Å². The number of ketones is 1. The summed E-state index contributed by atoms with van der Waals surface area (Å²) in [4.78, 5) is 11.4. The fraction of sp³-hybridized carbons (Fsp3) is 0.0588. The van der Waals surface area contributed by atoms with E-state index in [-0.39, 0.29) is 17.4 Å². The van der Waals surface area contributed by atoms with Gasteiger partial charge in [-0.15, -0.1) is 0 Å². The Kier molecular flexibility index (Phi) is 3.85. The van der Waals surface area contributed by atoms with Gasteiger partial charge >= 0.3 is 0 Å². The third-order valence-electron chi connectivity index (χ3n) is 3.26. The summed E-state index contributed by atoms with van der Waals surface area (Å²) >= 11 is 0. The number of benzene rings is 2. The van der Waals surface area contributed by atoms with Gasteiger partial charge < -0.3 is 4.74 Å². The summed E-state index contributed by atoms with van der Waals surface area (Å²) < 4.78 is 5.57. The van der Waals surface area contributed by atoms with E-state index in [9.17, 15) is 4.79 Å². The number of nitriles is 1. The molecule has 0 bridgehead atoms.